The molecule has 0 fully saturated rings. The predicted octanol–water partition coefficient (Wildman–Crippen LogP) is 3.77. The molecule has 2 aromatic carbocycles. The molecule has 0 amide bonds. The molecule has 2 N–H and O–H groups in total. The molecule has 0 bridgehead atoms. The summed E-state index contributed by atoms with van der Waals surface area (Å²) in [6, 6.07) is 17.1. The van der Waals surface area contributed by atoms with Gasteiger partial charge in [0, 0.05) is 18.3 Å². The summed E-state index contributed by atoms with van der Waals surface area (Å²) in [4.78, 5) is 2.34. The number of anilines is 1. The number of nitrogens with two attached hydrogens (primary N) is 1. The Morgan fingerprint density at radius 2 is 1.84 bits per heavy atom. The van der Waals surface area contributed by atoms with Gasteiger partial charge in [-0.05, 0) is 49.7 Å². The van der Waals surface area contributed by atoms with Crippen molar-refractivity contribution in [2.75, 3.05) is 12.8 Å². The second kappa shape index (κ2) is 5.89. The first kappa shape index (κ1) is 13.6. The summed E-state index contributed by atoms with van der Waals surface area (Å²) in [6.07, 6.45) is 0. The summed E-state index contributed by atoms with van der Waals surface area (Å²) in [6.45, 7) is 5.31. The second-order valence-electron chi connectivity index (χ2n) is 5.19. The van der Waals surface area contributed by atoms with Gasteiger partial charge in [-0.1, -0.05) is 36.4 Å². The first-order valence-electron chi connectivity index (χ1n) is 6.68. The lowest BCUT2D eigenvalue weighted by atomic mass is 10.0. The largest absolute Gasteiger partial charge is 0.399 e. The van der Waals surface area contributed by atoms with E-state index in [1.807, 2.05) is 18.2 Å². The van der Waals surface area contributed by atoms with Gasteiger partial charge in [0.25, 0.3) is 0 Å². The predicted molar refractivity (Wildman–Crippen MR) is 81.9 cm³/mol. The van der Waals surface area contributed by atoms with E-state index in [-0.39, 0.29) is 0 Å². The minimum absolute atomic E-state index is 0.391. The molecule has 0 saturated carbocycles. The first-order chi connectivity index (χ1) is 9.08. The summed E-state index contributed by atoms with van der Waals surface area (Å²) in [5.74, 6) is 0. The topological polar surface area (TPSA) is 29.3 Å². The molecule has 2 nitrogen and oxygen atoms in total. The van der Waals surface area contributed by atoms with Gasteiger partial charge in [0.2, 0.25) is 0 Å². The molecule has 0 aromatic heterocycles. The van der Waals surface area contributed by atoms with Crippen molar-refractivity contribution in [3.8, 4) is 0 Å². The van der Waals surface area contributed by atoms with Gasteiger partial charge in [-0.25, -0.2) is 0 Å². The smallest absolute Gasteiger partial charge is 0.0322 e. The van der Waals surface area contributed by atoms with Crippen molar-refractivity contribution in [3.05, 3.63) is 65.2 Å². The molecule has 1 atom stereocenters. The molecule has 0 aliphatic carbocycles. The maximum absolute atomic E-state index is 5.83. The van der Waals surface area contributed by atoms with E-state index in [2.05, 4.69) is 56.1 Å². The van der Waals surface area contributed by atoms with E-state index in [0.29, 0.717) is 6.04 Å². The van der Waals surface area contributed by atoms with Gasteiger partial charge in [-0.15, -0.1) is 0 Å². The van der Waals surface area contributed by atoms with Crippen LogP contribution >= 0.6 is 0 Å². The normalized spacial score (nSPS) is 12.6. The fraction of sp³-hybridized carbons (Fsp3) is 0.294. The second-order valence-corrected chi connectivity index (χ2v) is 5.19. The van der Waals surface area contributed by atoms with Gasteiger partial charge in [0.05, 0.1) is 0 Å². The SMILES string of the molecule is Cc1ccccc1C(C)N(C)Cc1cccc(N)c1. The van der Waals surface area contributed by atoms with E-state index < -0.39 is 0 Å². The molecule has 0 spiro atoms. The first-order valence-corrected chi connectivity index (χ1v) is 6.68. The van der Waals surface area contributed by atoms with Crippen LogP contribution in [0.2, 0.25) is 0 Å². The Morgan fingerprint density at radius 3 is 2.53 bits per heavy atom. The van der Waals surface area contributed by atoms with E-state index in [0.717, 1.165) is 12.2 Å². The maximum atomic E-state index is 5.83. The fourth-order valence-corrected chi connectivity index (χ4v) is 2.41. The highest BCUT2D eigenvalue weighted by molar-refractivity contribution is 5.40. The van der Waals surface area contributed by atoms with E-state index >= 15 is 0 Å². The molecule has 0 aliphatic heterocycles. The number of hydrogen-bond donors (Lipinski definition) is 1. The quantitative estimate of drug-likeness (QED) is 0.842. The van der Waals surface area contributed by atoms with Gasteiger partial charge in [-0.2, -0.15) is 0 Å². The zero-order valence-corrected chi connectivity index (χ0v) is 11.9. The van der Waals surface area contributed by atoms with Crippen LogP contribution in [-0.4, -0.2) is 11.9 Å². The highest BCUT2D eigenvalue weighted by Crippen LogP contribution is 2.23. The summed E-state index contributed by atoms with van der Waals surface area (Å²) < 4.78 is 0. The molecule has 19 heavy (non-hydrogen) atoms. The Hall–Kier alpha value is -1.80. The molecule has 0 saturated heterocycles. The Kier molecular flexibility index (Phi) is 4.23. The van der Waals surface area contributed by atoms with Crippen molar-refractivity contribution >= 4 is 5.69 Å². The summed E-state index contributed by atoms with van der Waals surface area (Å²) >= 11 is 0. The van der Waals surface area contributed by atoms with E-state index in [9.17, 15) is 0 Å². The van der Waals surface area contributed by atoms with Crippen LogP contribution in [-0.2, 0) is 6.54 Å². The number of benzene rings is 2. The summed E-state index contributed by atoms with van der Waals surface area (Å²) in [5, 5.41) is 0. The van der Waals surface area contributed by atoms with E-state index in [4.69, 9.17) is 5.73 Å². The van der Waals surface area contributed by atoms with E-state index in [1.165, 1.54) is 16.7 Å². The van der Waals surface area contributed by atoms with Gasteiger partial charge in [0.1, 0.15) is 0 Å². The summed E-state index contributed by atoms with van der Waals surface area (Å²) in [7, 11) is 2.15. The van der Waals surface area contributed by atoms with Crippen LogP contribution in [0.25, 0.3) is 0 Å². The number of nitrogens with zero attached hydrogens (tertiary/aromatic N) is 1. The molecule has 0 heterocycles. The standard InChI is InChI=1S/C17H22N2/c1-13-7-4-5-10-17(13)14(2)19(3)12-15-8-6-9-16(18)11-15/h4-11,14H,12,18H2,1-3H3. The molecule has 0 radical (unpaired) electrons. The summed E-state index contributed by atoms with van der Waals surface area (Å²) in [5.41, 5.74) is 10.6. The van der Waals surface area contributed by atoms with Crippen molar-refractivity contribution in [3.63, 3.8) is 0 Å². The molecular formula is C17H22N2. The van der Waals surface area contributed by atoms with Crippen LogP contribution in [0, 0.1) is 6.92 Å². The Bertz CT molecular complexity index is 548. The monoisotopic (exact) mass is 254 g/mol. The number of aryl methyl sites for hydroxylation is 1. The van der Waals surface area contributed by atoms with Crippen LogP contribution in [0.4, 0.5) is 5.69 Å². The minimum atomic E-state index is 0.391. The Labute approximate surface area is 115 Å². The highest BCUT2D eigenvalue weighted by atomic mass is 15.1. The fourth-order valence-electron chi connectivity index (χ4n) is 2.41. The van der Waals surface area contributed by atoms with Crippen LogP contribution < -0.4 is 5.73 Å². The molecule has 100 valence electrons. The Balaban J connectivity index is 2.12. The minimum Gasteiger partial charge on any atom is -0.399 e. The number of nitrogen functional groups attached to an aromatic ring is 1. The Morgan fingerprint density at radius 1 is 1.11 bits per heavy atom. The lowest BCUT2D eigenvalue weighted by molar-refractivity contribution is 0.252. The average molecular weight is 254 g/mol. The van der Waals surface area contributed by atoms with Gasteiger partial charge < -0.3 is 5.73 Å². The van der Waals surface area contributed by atoms with Crippen LogP contribution in [0.3, 0.4) is 0 Å². The molecule has 2 aromatic rings. The molecular weight excluding hydrogens is 232 g/mol. The van der Waals surface area contributed by atoms with Crippen LogP contribution in [0.1, 0.15) is 29.7 Å². The maximum Gasteiger partial charge on any atom is 0.0322 e. The zero-order valence-electron chi connectivity index (χ0n) is 11.9. The van der Waals surface area contributed by atoms with Gasteiger partial charge >= 0.3 is 0 Å². The van der Waals surface area contributed by atoms with E-state index in [1.54, 1.807) is 0 Å². The van der Waals surface area contributed by atoms with Crippen LogP contribution in [0.15, 0.2) is 48.5 Å². The number of hydrogen-bond acceptors (Lipinski definition) is 2. The third kappa shape index (κ3) is 3.36. The molecule has 2 heteroatoms. The van der Waals surface area contributed by atoms with Crippen molar-refractivity contribution < 1.29 is 0 Å². The van der Waals surface area contributed by atoms with Crippen molar-refractivity contribution in [2.24, 2.45) is 0 Å². The average Bonchev–Trinajstić information content (AvgIpc) is 2.38. The van der Waals surface area contributed by atoms with Crippen molar-refractivity contribution in [2.45, 2.75) is 26.4 Å². The zero-order chi connectivity index (χ0) is 13.8. The van der Waals surface area contributed by atoms with Gasteiger partial charge in [-0.3, -0.25) is 4.90 Å². The number of rotatable bonds is 4. The molecule has 0 aliphatic rings. The third-order valence-electron chi connectivity index (χ3n) is 3.68. The lowest BCUT2D eigenvalue weighted by Gasteiger charge is -2.26. The van der Waals surface area contributed by atoms with Crippen LogP contribution in [0.5, 0.6) is 0 Å². The highest BCUT2D eigenvalue weighted by Gasteiger charge is 2.13. The lowest BCUT2D eigenvalue weighted by Crippen LogP contribution is -2.22. The third-order valence-corrected chi connectivity index (χ3v) is 3.68. The molecule has 2 rings (SSSR count). The van der Waals surface area contributed by atoms with Crippen molar-refractivity contribution in [1.82, 2.24) is 4.90 Å². The van der Waals surface area contributed by atoms with Crippen molar-refractivity contribution in [1.29, 1.82) is 0 Å². The van der Waals surface area contributed by atoms with Gasteiger partial charge in [0.15, 0.2) is 0 Å². The molecule has 1 unspecified atom stereocenters.